The van der Waals surface area contributed by atoms with E-state index in [0.717, 1.165) is 5.56 Å². The smallest absolute Gasteiger partial charge is 0 e. The van der Waals surface area contributed by atoms with Crippen LogP contribution < -0.4 is 6.15 Å². The minimum Gasteiger partial charge on any atom is -0.0622 e. The lowest BCUT2D eigenvalue weighted by Crippen LogP contribution is -1.74. The van der Waals surface area contributed by atoms with Crippen LogP contribution >= 0.6 is 0 Å². The fourth-order valence-corrected chi connectivity index (χ4v) is 0.596. The summed E-state index contributed by atoms with van der Waals surface area (Å²) >= 11 is 0. The van der Waals surface area contributed by atoms with E-state index in [0.29, 0.717) is 6.42 Å². The number of benzene rings is 1. The summed E-state index contributed by atoms with van der Waals surface area (Å²) in [5.74, 6) is 0. The Morgan fingerprint density at radius 3 is 2.00 bits per heavy atom. The van der Waals surface area contributed by atoms with Crippen molar-refractivity contribution in [1.29, 1.82) is 0 Å². The van der Waals surface area contributed by atoms with Crippen LogP contribution in [0.5, 0.6) is 0 Å². The lowest BCUT2D eigenvalue weighted by atomic mass is 10.2. The van der Waals surface area contributed by atoms with Crippen molar-refractivity contribution < 1.29 is 0 Å². The molecule has 0 fully saturated rings. The maximum Gasteiger partial charge on any atom is 0 e. The molecule has 1 aromatic carbocycles. The summed E-state index contributed by atoms with van der Waals surface area (Å²) in [6, 6.07) is 9.76. The van der Waals surface area contributed by atoms with Gasteiger partial charge in [0.2, 0.25) is 0 Å². The molecular formula is C8H7N. The third-order valence-electron chi connectivity index (χ3n) is 1.05. The number of hydrogen-bond donors (Lipinski definition) is 0. The van der Waals surface area contributed by atoms with Crippen molar-refractivity contribution in [2.45, 2.75) is 6.42 Å². The highest BCUT2D eigenvalue weighted by Gasteiger charge is 1.80. The Balaban J connectivity index is 0.000000640. The van der Waals surface area contributed by atoms with Gasteiger partial charge in [0.1, 0.15) is 0 Å². The summed E-state index contributed by atoms with van der Waals surface area (Å²) in [7, 11) is 0. The van der Waals surface area contributed by atoms with Gasteiger partial charge in [0.25, 0.3) is 0 Å². The molecule has 44 valence electrons. The molecule has 0 unspecified atom stereocenters. The molecule has 0 aromatic heterocycles. The highest BCUT2D eigenvalue weighted by atomic mass is 14.0. The quantitative estimate of drug-likeness (QED) is 0.531. The Labute approximate surface area is 56.3 Å². The predicted molar refractivity (Wildman–Crippen MR) is 35.5 cm³/mol. The summed E-state index contributed by atoms with van der Waals surface area (Å²) < 4.78 is 0. The molecule has 0 heterocycles. The van der Waals surface area contributed by atoms with E-state index < -0.39 is 0 Å². The molecule has 1 rings (SSSR count). The molecule has 0 saturated heterocycles. The average Bonchev–Trinajstić information content (AvgIpc) is 1.90. The standard InChI is InChI=1S/C8H7.N/c1-2-8-6-4-3-5-7-8;/h3-7H,2H2;. The molecule has 0 aliphatic heterocycles. The second-order valence-electron chi connectivity index (χ2n) is 1.66. The molecule has 9 heavy (non-hydrogen) atoms. The SMILES string of the molecule is [C]Cc1ccccc1.[N]. The van der Waals surface area contributed by atoms with Crippen molar-refractivity contribution in [3.63, 3.8) is 0 Å². The van der Waals surface area contributed by atoms with Crippen molar-refractivity contribution in [3.8, 4) is 0 Å². The van der Waals surface area contributed by atoms with Gasteiger partial charge in [0.05, 0.1) is 0 Å². The zero-order valence-corrected chi connectivity index (χ0v) is 5.04. The largest absolute Gasteiger partial charge is 0.0622 e. The number of nitrogens with zero attached hydrogens (tertiary/aromatic N) is 1. The van der Waals surface area contributed by atoms with Crippen molar-refractivity contribution >= 4 is 0 Å². The molecule has 1 nitrogen and oxygen atoms in total. The van der Waals surface area contributed by atoms with Crippen molar-refractivity contribution in [2.75, 3.05) is 0 Å². The molecule has 1 aromatic rings. The summed E-state index contributed by atoms with van der Waals surface area (Å²) in [5.41, 5.74) is 1.08. The predicted octanol–water partition coefficient (Wildman–Crippen LogP) is 1.34. The molecule has 0 bridgehead atoms. The molecule has 0 atom stereocenters. The van der Waals surface area contributed by atoms with Crippen LogP contribution in [0.2, 0.25) is 0 Å². The fraction of sp³-hybridized carbons (Fsp3) is 0.125. The summed E-state index contributed by atoms with van der Waals surface area (Å²) in [6.45, 7) is 6.94. The zero-order chi connectivity index (χ0) is 5.82. The van der Waals surface area contributed by atoms with E-state index >= 15 is 0 Å². The van der Waals surface area contributed by atoms with Crippen molar-refractivity contribution in [2.24, 2.45) is 0 Å². The van der Waals surface area contributed by atoms with Gasteiger partial charge >= 0.3 is 0 Å². The number of hydrogen-bond acceptors (Lipinski definition) is 0. The Morgan fingerprint density at radius 2 is 1.67 bits per heavy atom. The van der Waals surface area contributed by atoms with Gasteiger partial charge in [-0.15, -0.1) is 0 Å². The maximum absolute atomic E-state index is 6.94. The van der Waals surface area contributed by atoms with Crippen LogP contribution in [0.4, 0.5) is 0 Å². The first-order valence-corrected chi connectivity index (χ1v) is 2.62. The van der Waals surface area contributed by atoms with Gasteiger partial charge in [-0.3, -0.25) is 0 Å². The van der Waals surface area contributed by atoms with Gasteiger partial charge in [-0.05, 0) is 18.9 Å². The van der Waals surface area contributed by atoms with Crippen LogP contribution in [0.15, 0.2) is 30.3 Å². The molecule has 0 N–H and O–H groups in total. The van der Waals surface area contributed by atoms with Crippen molar-refractivity contribution in [3.05, 3.63) is 42.8 Å². The minimum atomic E-state index is 0. The lowest BCUT2D eigenvalue weighted by molar-refractivity contribution is 1.27. The Morgan fingerprint density at radius 1 is 1.11 bits per heavy atom. The van der Waals surface area contributed by atoms with Crippen LogP contribution in [0.1, 0.15) is 5.56 Å². The molecular weight excluding hydrogens is 110 g/mol. The van der Waals surface area contributed by atoms with E-state index in [9.17, 15) is 0 Å². The number of rotatable bonds is 1. The van der Waals surface area contributed by atoms with E-state index in [4.69, 9.17) is 6.92 Å². The zero-order valence-electron chi connectivity index (χ0n) is 5.04. The highest BCUT2D eigenvalue weighted by Crippen LogP contribution is 1.96. The van der Waals surface area contributed by atoms with Crippen LogP contribution in [-0.2, 0) is 6.42 Å². The Bertz CT molecular complexity index is 146. The van der Waals surface area contributed by atoms with Gasteiger partial charge in [0.15, 0.2) is 0 Å². The van der Waals surface area contributed by atoms with Crippen LogP contribution in [0, 0.1) is 6.92 Å². The van der Waals surface area contributed by atoms with Gasteiger partial charge in [0, 0.05) is 6.15 Å². The van der Waals surface area contributed by atoms with Crippen LogP contribution in [0.25, 0.3) is 0 Å². The molecule has 0 spiro atoms. The second-order valence-corrected chi connectivity index (χ2v) is 1.66. The first kappa shape index (κ1) is 8.18. The topological polar surface area (TPSA) is 30.5 Å². The molecule has 0 saturated carbocycles. The van der Waals surface area contributed by atoms with Crippen LogP contribution in [0.3, 0.4) is 0 Å². The van der Waals surface area contributed by atoms with E-state index in [-0.39, 0.29) is 6.15 Å². The van der Waals surface area contributed by atoms with Crippen molar-refractivity contribution in [1.82, 2.24) is 6.15 Å². The first-order chi connectivity index (χ1) is 3.93. The van der Waals surface area contributed by atoms with Gasteiger partial charge < -0.3 is 0 Å². The summed E-state index contributed by atoms with van der Waals surface area (Å²) in [6.07, 6.45) is 0.390. The van der Waals surface area contributed by atoms with Gasteiger partial charge in [-0.1, -0.05) is 30.3 Å². The summed E-state index contributed by atoms with van der Waals surface area (Å²) in [4.78, 5) is 0. The fourth-order valence-electron chi connectivity index (χ4n) is 0.596. The second kappa shape index (κ2) is 4.10. The Hall–Kier alpha value is -0.820. The third kappa shape index (κ3) is 2.29. The van der Waals surface area contributed by atoms with E-state index in [1.807, 2.05) is 30.3 Å². The molecule has 0 aliphatic carbocycles. The average molecular weight is 117 g/mol. The molecule has 0 aliphatic rings. The van der Waals surface area contributed by atoms with Gasteiger partial charge in [-0.25, -0.2) is 0 Å². The third-order valence-corrected chi connectivity index (χ3v) is 1.05. The first-order valence-electron chi connectivity index (χ1n) is 2.62. The van der Waals surface area contributed by atoms with E-state index in [1.54, 1.807) is 0 Å². The maximum atomic E-state index is 6.94. The molecule has 6 radical (unpaired) electrons. The van der Waals surface area contributed by atoms with E-state index in [1.165, 1.54) is 0 Å². The highest BCUT2D eigenvalue weighted by molar-refractivity contribution is 5.14. The Kier molecular flexibility index (Phi) is 3.72. The molecule has 0 amide bonds. The lowest BCUT2D eigenvalue weighted by Gasteiger charge is -1.89. The monoisotopic (exact) mass is 117 g/mol. The molecule has 1 heteroatoms. The van der Waals surface area contributed by atoms with Crippen LogP contribution in [-0.4, -0.2) is 0 Å². The summed E-state index contributed by atoms with van der Waals surface area (Å²) in [5, 5.41) is 0. The normalized spacial score (nSPS) is 8.11. The van der Waals surface area contributed by atoms with Gasteiger partial charge in [-0.2, -0.15) is 0 Å². The minimum absolute atomic E-state index is 0. The van der Waals surface area contributed by atoms with E-state index in [2.05, 4.69) is 0 Å².